The zero-order valence-electron chi connectivity index (χ0n) is 34.6. The first kappa shape index (κ1) is 45.5. The number of likely N-dealkylation sites (tertiary alicyclic amines) is 1. The number of methoxy groups -OCH3 is 1. The fraction of sp³-hybridized carbons (Fsp3) is 0.625. The van der Waals surface area contributed by atoms with Crippen LogP contribution in [0, 0.1) is 83.9 Å². The van der Waals surface area contributed by atoms with Gasteiger partial charge in [-0.2, -0.15) is 0 Å². The quantitative estimate of drug-likeness (QED) is 0.185. The monoisotopic (exact) mass is 757 g/mol. The molecule has 5 fully saturated rings. The van der Waals surface area contributed by atoms with E-state index in [2.05, 4.69) is 103 Å². The SMILES string of the molecule is C#C.C#C.C#C.C=CC.COC(=O)c1ccc(C2=CC[C@@]3(C)C(CC[C@]4(C)C3CC[C@@H]3C5CCC[C@]5(NC(=O)CN5CC(F)(F)C5)CC[C@]34C)C2(C)C)cc1. The van der Waals surface area contributed by atoms with Gasteiger partial charge in [0.25, 0.3) is 5.92 Å². The van der Waals surface area contributed by atoms with Crippen LogP contribution in [0.25, 0.3) is 5.57 Å². The van der Waals surface area contributed by atoms with Crippen molar-refractivity contribution < 1.29 is 23.1 Å². The number of halogens is 2. The van der Waals surface area contributed by atoms with Crippen molar-refractivity contribution in [1.29, 1.82) is 0 Å². The molecule has 1 N–H and O–H groups in total. The molecule has 3 unspecified atom stereocenters. The second-order valence-corrected chi connectivity index (χ2v) is 17.9. The van der Waals surface area contributed by atoms with Gasteiger partial charge in [0.2, 0.25) is 5.91 Å². The lowest BCUT2D eigenvalue weighted by Gasteiger charge is -2.72. The molecule has 1 saturated heterocycles. The zero-order chi connectivity index (χ0) is 41.6. The Kier molecular flexibility index (Phi) is 14.5. The molecule has 1 aromatic rings. The third kappa shape index (κ3) is 7.92. The maximum Gasteiger partial charge on any atom is 0.337 e. The molecule has 7 heteroatoms. The van der Waals surface area contributed by atoms with Crippen LogP contribution in [-0.4, -0.2) is 55.0 Å². The molecule has 8 atom stereocenters. The molecule has 0 bridgehead atoms. The molecule has 0 radical (unpaired) electrons. The number of ether oxygens (including phenoxy) is 1. The van der Waals surface area contributed by atoms with Gasteiger partial charge in [-0.15, -0.1) is 45.1 Å². The second kappa shape index (κ2) is 17.5. The van der Waals surface area contributed by atoms with E-state index in [0.29, 0.717) is 29.2 Å². The summed E-state index contributed by atoms with van der Waals surface area (Å²) in [4.78, 5) is 26.9. The summed E-state index contributed by atoms with van der Waals surface area (Å²) in [6, 6.07) is 7.97. The Morgan fingerprint density at radius 3 is 2.02 bits per heavy atom. The number of hydrogen-bond donors (Lipinski definition) is 1. The van der Waals surface area contributed by atoms with Crippen molar-refractivity contribution in [1.82, 2.24) is 10.2 Å². The summed E-state index contributed by atoms with van der Waals surface area (Å²) in [5.74, 6) is -0.756. The number of hydrogen-bond acceptors (Lipinski definition) is 4. The van der Waals surface area contributed by atoms with E-state index in [1.165, 1.54) is 43.9 Å². The molecule has 5 nitrogen and oxygen atoms in total. The molecule has 1 aliphatic heterocycles. The normalized spacial score (nSPS) is 35.7. The molecule has 7 rings (SSSR count). The van der Waals surface area contributed by atoms with Gasteiger partial charge in [-0.05, 0) is 133 Å². The first-order valence-electron chi connectivity index (χ1n) is 19.9. The van der Waals surface area contributed by atoms with Gasteiger partial charge in [0.1, 0.15) is 0 Å². The lowest BCUT2D eigenvalue weighted by atomic mass is 9.33. The number of carbonyl (C=O) groups excluding carboxylic acids is 2. The number of allylic oxidation sites excluding steroid dienone is 3. The number of terminal acetylenes is 3. The number of amides is 1. The van der Waals surface area contributed by atoms with Crippen molar-refractivity contribution in [3.8, 4) is 38.5 Å². The van der Waals surface area contributed by atoms with Crippen molar-refractivity contribution in [3.05, 3.63) is 54.1 Å². The van der Waals surface area contributed by atoms with Crippen LogP contribution in [0.2, 0.25) is 0 Å². The van der Waals surface area contributed by atoms with E-state index in [1.807, 2.05) is 19.1 Å². The van der Waals surface area contributed by atoms with E-state index in [4.69, 9.17) is 4.74 Å². The van der Waals surface area contributed by atoms with Gasteiger partial charge in [-0.3, -0.25) is 9.69 Å². The fourth-order valence-electron chi connectivity index (χ4n) is 13.0. The maximum absolute atomic E-state index is 13.4. The Bertz CT molecular complexity index is 1600. The molecule has 300 valence electrons. The predicted molar refractivity (Wildman–Crippen MR) is 222 cm³/mol. The van der Waals surface area contributed by atoms with Crippen LogP contribution in [0.3, 0.4) is 0 Å². The summed E-state index contributed by atoms with van der Waals surface area (Å²) >= 11 is 0. The van der Waals surface area contributed by atoms with Gasteiger partial charge in [-0.25, -0.2) is 13.6 Å². The number of esters is 1. The molecular formula is C48H66F2N2O3. The van der Waals surface area contributed by atoms with Gasteiger partial charge in [0.05, 0.1) is 32.3 Å². The topological polar surface area (TPSA) is 58.6 Å². The highest BCUT2D eigenvalue weighted by Crippen LogP contribution is 2.76. The van der Waals surface area contributed by atoms with Crippen molar-refractivity contribution >= 4 is 17.4 Å². The average molecular weight is 757 g/mol. The summed E-state index contributed by atoms with van der Waals surface area (Å²) in [7, 11) is 1.42. The first-order valence-corrected chi connectivity index (χ1v) is 19.9. The van der Waals surface area contributed by atoms with Crippen LogP contribution in [0.1, 0.15) is 122 Å². The highest BCUT2D eigenvalue weighted by atomic mass is 19.3. The Balaban J connectivity index is 0.000000837. The van der Waals surface area contributed by atoms with Crippen LogP contribution in [0.4, 0.5) is 8.78 Å². The van der Waals surface area contributed by atoms with Crippen molar-refractivity contribution in [3.63, 3.8) is 0 Å². The molecule has 5 aliphatic carbocycles. The number of nitrogens with zero attached hydrogens (tertiary/aromatic N) is 1. The van der Waals surface area contributed by atoms with Gasteiger partial charge in [0.15, 0.2) is 0 Å². The fourth-order valence-corrected chi connectivity index (χ4v) is 13.0. The number of rotatable bonds is 5. The number of benzene rings is 1. The average Bonchev–Trinajstić information content (AvgIpc) is 3.57. The zero-order valence-corrected chi connectivity index (χ0v) is 34.6. The number of carbonyl (C=O) groups is 2. The van der Waals surface area contributed by atoms with Gasteiger partial charge >= 0.3 is 5.97 Å². The van der Waals surface area contributed by atoms with E-state index < -0.39 is 5.92 Å². The molecule has 1 amide bonds. The standard InChI is InChI=1S/C39H54F2N2O3.C3H6.3C2H2/c1-34(2)27(25-9-11-26(12-10-25)33(45)46-6)15-18-35(3)30(34)16-19-37(5)31(35)14-13-28-29-8-7-17-38(29,21-20-36(28,37)4)42-32(44)22-43-23-39(40,41)24-43;1-3-2;3*1-2/h9-12,15,28-31H,7-8,13-14,16-24H2,1-6H3,(H,42,44);3H,1H2,2H3;3*1-2H/t28-,29?,30?,31?,35+,36-,37-,38+;;;;/m1..../s1. The van der Waals surface area contributed by atoms with Crippen LogP contribution in [-0.2, 0) is 9.53 Å². The second-order valence-electron chi connectivity index (χ2n) is 17.9. The smallest absolute Gasteiger partial charge is 0.337 e. The van der Waals surface area contributed by atoms with E-state index in [1.54, 1.807) is 11.0 Å². The summed E-state index contributed by atoms with van der Waals surface area (Å²) in [6.45, 7) is 17.5. The van der Waals surface area contributed by atoms with E-state index in [0.717, 1.165) is 38.5 Å². The lowest BCUT2D eigenvalue weighted by molar-refractivity contribution is -0.217. The summed E-state index contributed by atoms with van der Waals surface area (Å²) < 4.78 is 31.8. The Morgan fingerprint density at radius 1 is 0.855 bits per heavy atom. The largest absolute Gasteiger partial charge is 0.465 e. The van der Waals surface area contributed by atoms with Crippen LogP contribution >= 0.6 is 0 Å². The van der Waals surface area contributed by atoms with E-state index in [9.17, 15) is 18.4 Å². The van der Waals surface area contributed by atoms with Crippen molar-refractivity contribution in [2.75, 3.05) is 26.7 Å². The minimum atomic E-state index is -2.65. The summed E-state index contributed by atoms with van der Waals surface area (Å²) in [6.07, 6.45) is 39.7. The van der Waals surface area contributed by atoms with Crippen LogP contribution < -0.4 is 5.32 Å². The molecule has 4 saturated carbocycles. The third-order valence-corrected chi connectivity index (χ3v) is 15.2. The van der Waals surface area contributed by atoms with Gasteiger partial charge in [0, 0.05) is 5.54 Å². The first-order chi connectivity index (χ1) is 26.0. The minimum absolute atomic E-state index is 0.0107. The lowest BCUT2D eigenvalue weighted by Crippen LogP contribution is -2.68. The van der Waals surface area contributed by atoms with Gasteiger partial charge in [-0.1, -0.05) is 65.3 Å². The molecule has 0 aromatic heterocycles. The Morgan fingerprint density at radius 2 is 1.45 bits per heavy atom. The molecule has 55 heavy (non-hydrogen) atoms. The summed E-state index contributed by atoms with van der Waals surface area (Å²) in [5, 5.41) is 3.49. The van der Waals surface area contributed by atoms with Crippen LogP contribution in [0.5, 0.6) is 0 Å². The van der Waals surface area contributed by atoms with Crippen LogP contribution in [0.15, 0.2) is 43.0 Å². The number of nitrogens with one attached hydrogen (secondary N) is 1. The predicted octanol–water partition coefficient (Wildman–Crippen LogP) is 10.1. The molecule has 0 spiro atoms. The maximum atomic E-state index is 13.4. The van der Waals surface area contributed by atoms with Crippen molar-refractivity contribution in [2.45, 2.75) is 117 Å². The van der Waals surface area contributed by atoms with Crippen molar-refractivity contribution in [2.24, 2.45) is 45.3 Å². The van der Waals surface area contributed by atoms with E-state index in [-0.39, 0.29) is 58.7 Å². The molecule has 1 aromatic carbocycles. The number of alkyl halides is 2. The molecular weight excluding hydrogens is 691 g/mol. The molecule has 1 heterocycles. The third-order valence-electron chi connectivity index (χ3n) is 15.2. The van der Waals surface area contributed by atoms with E-state index >= 15 is 0 Å². The Labute approximate surface area is 331 Å². The minimum Gasteiger partial charge on any atom is -0.465 e. The molecule has 6 aliphatic rings. The highest BCUT2D eigenvalue weighted by Gasteiger charge is 2.69. The highest BCUT2D eigenvalue weighted by molar-refractivity contribution is 5.90. The Hall–Kier alpha value is -3.86. The summed E-state index contributed by atoms with van der Waals surface area (Å²) in [5.41, 5.74) is 3.68. The van der Waals surface area contributed by atoms with Gasteiger partial charge < -0.3 is 10.1 Å². The number of fused-ring (bicyclic) bond motifs is 7.